The number of guanidine groups is 1. The van der Waals surface area contributed by atoms with Gasteiger partial charge in [0.15, 0.2) is 5.96 Å². The first-order valence-electron chi connectivity index (χ1n) is 9.21. The van der Waals surface area contributed by atoms with Crippen molar-refractivity contribution in [1.82, 2.24) is 20.5 Å². The number of hydrogen-bond acceptors (Lipinski definition) is 4. The summed E-state index contributed by atoms with van der Waals surface area (Å²) in [5.74, 6) is 2.11. The Morgan fingerprint density at radius 3 is 2.54 bits per heavy atom. The Labute approximate surface area is 175 Å². The minimum Gasteiger partial charge on any atom is -0.475 e. The summed E-state index contributed by atoms with van der Waals surface area (Å²) >= 11 is 0. The molecule has 148 valence electrons. The van der Waals surface area contributed by atoms with E-state index in [2.05, 4.69) is 46.3 Å². The highest BCUT2D eigenvalue weighted by Crippen LogP contribution is 2.18. The number of hydrogen-bond donors (Lipinski definition) is 2. The van der Waals surface area contributed by atoms with Crippen LogP contribution in [0.2, 0.25) is 0 Å². The summed E-state index contributed by atoms with van der Waals surface area (Å²) < 4.78 is 5.57. The summed E-state index contributed by atoms with van der Waals surface area (Å²) in [6.07, 6.45) is 1.98. The Hall–Kier alpha value is -1.09. The van der Waals surface area contributed by atoms with Crippen molar-refractivity contribution in [3.05, 3.63) is 23.9 Å². The summed E-state index contributed by atoms with van der Waals surface area (Å²) in [7, 11) is 1.81. The molecule has 0 bridgehead atoms. The summed E-state index contributed by atoms with van der Waals surface area (Å²) in [6, 6.07) is 4.95. The molecule has 1 aromatic heterocycles. The Balaban J connectivity index is 0.00000338. The number of ether oxygens (including phenoxy) is 1. The standard InChI is InChI=1S/C19H33N5O.HI/c1-13(2)24-11-15(5)17(12-24)23-19(20-6)22-10-16-7-8-18(21-9-16)25-14(3)4;/h7-9,13-15,17H,10-12H2,1-6H3,(H2,20,22,23);1H. The molecule has 2 unspecified atom stereocenters. The maximum absolute atomic E-state index is 5.57. The van der Waals surface area contributed by atoms with Gasteiger partial charge in [-0.1, -0.05) is 13.0 Å². The minimum absolute atomic E-state index is 0. The van der Waals surface area contributed by atoms with E-state index in [1.54, 1.807) is 0 Å². The second-order valence-electron chi connectivity index (χ2n) is 7.37. The molecule has 0 aliphatic carbocycles. The van der Waals surface area contributed by atoms with Crippen molar-refractivity contribution in [2.75, 3.05) is 20.1 Å². The van der Waals surface area contributed by atoms with E-state index in [0.717, 1.165) is 24.6 Å². The molecule has 6 nitrogen and oxygen atoms in total. The molecule has 1 aliphatic heterocycles. The zero-order chi connectivity index (χ0) is 18.4. The van der Waals surface area contributed by atoms with Crippen LogP contribution in [0.25, 0.3) is 0 Å². The van der Waals surface area contributed by atoms with Crippen LogP contribution < -0.4 is 15.4 Å². The molecule has 0 radical (unpaired) electrons. The summed E-state index contributed by atoms with van der Waals surface area (Å²) in [6.45, 7) is 13.7. The third-order valence-electron chi connectivity index (χ3n) is 4.53. The first-order valence-corrected chi connectivity index (χ1v) is 9.21. The van der Waals surface area contributed by atoms with Gasteiger partial charge in [0.2, 0.25) is 5.88 Å². The summed E-state index contributed by atoms with van der Waals surface area (Å²) in [5, 5.41) is 6.94. The third-order valence-corrected chi connectivity index (χ3v) is 4.53. The van der Waals surface area contributed by atoms with Crippen LogP contribution in [-0.2, 0) is 6.54 Å². The highest BCUT2D eigenvalue weighted by atomic mass is 127. The fourth-order valence-electron chi connectivity index (χ4n) is 3.00. The van der Waals surface area contributed by atoms with E-state index in [-0.39, 0.29) is 30.1 Å². The van der Waals surface area contributed by atoms with E-state index < -0.39 is 0 Å². The molecule has 1 aliphatic rings. The lowest BCUT2D eigenvalue weighted by atomic mass is 10.1. The predicted octanol–water partition coefficient (Wildman–Crippen LogP) is 2.88. The number of halogens is 1. The van der Waals surface area contributed by atoms with E-state index in [1.165, 1.54) is 0 Å². The number of rotatable bonds is 6. The molecule has 7 heteroatoms. The molecule has 0 amide bonds. The van der Waals surface area contributed by atoms with E-state index in [9.17, 15) is 0 Å². The lowest BCUT2D eigenvalue weighted by Gasteiger charge is -2.22. The Kier molecular flexibility index (Phi) is 9.63. The third kappa shape index (κ3) is 6.90. The van der Waals surface area contributed by atoms with Gasteiger partial charge in [0, 0.05) is 51.0 Å². The topological polar surface area (TPSA) is 61.8 Å². The fraction of sp³-hybridized carbons (Fsp3) is 0.684. The van der Waals surface area contributed by atoms with Gasteiger partial charge in [0.05, 0.1) is 6.10 Å². The monoisotopic (exact) mass is 475 g/mol. The number of pyridine rings is 1. The van der Waals surface area contributed by atoms with Crippen LogP contribution >= 0.6 is 24.0 Å². The molecule has 26 heavy (non-hydrogen) atoms. The van der Waals surface area contributed by atoms with Crippen molar-refractivity contribution in [1.29, 1.82) is 0 Å². The minimum atomic E-state index is 0. The predicted molar refractivity (Wildman–Crippen MR) is 118 cm³/mol. The van der Waals surface area contributed by atoms with Crippen molar-refractivity contribution in [3.8, 4) is 5.88 Å². The highest BCUT2D eigenvalue weighted by molar-refractivity contribution is 14.0. The molecule has 1 fully saturated rings. The SMILES string of the molecule is CN=C(NCc1ccc(OC(C)C)nc1)NC1CN(C(C)C)CC1C.I. The molecule has 2 N–H and O–H groups in total. The van der Waals surface area contributed by atoms with E-state index in [4.69, 9.17) is 4.74 Å². The first kappa shape index (κ1) is 23.0. The van der Waals surface area contributed by atoms with Crippen LogP contribution in [-0.4, -0.2) is 54.2 Å². The van der Waals surface area contributed by atoms with Gasteiger partial charge in [-0.05, 0) is 39.2 Å². The van der Waals surface area contributed by atoms with Crippen molar-refractivity contribution in [2.24, 2.45) is 10.9 Å². The fourth-order valence-corrected chi connectivity index (χ4v) is 3.00. The van der Waals surface area contributed by atoms with E-state index in [0.29, 0.717) is 30.4 Å². The van der Waals surface area contributed by atoms with Gasteiger partial charge in [-0.2, -0.15) is 0 Å². The maximum Gasteiger partial charge on any atom is 0.213 e. The van der Waals surface area contributed by atoms with Crippen LogP contribution in [0.4, 0.5) is 0 Å². The van der Waals surface area contributed by atoms with Crippen LogP contribution in [0, 0.1) is 5.92 Å². The molecule has 0 aromatic carbocycles. The van der Waals surface area contributed by atoms with Crippen molar-refractivity contribution < 1.29 is 4.74 Å². The molecule has 2 atom stereocenters. The van der Waals surface area contributed by atoms with Crippen LogP contribution in [0.15, 0.2) is 23.3 Å². The molecule has 2 heterocycles. The van der Waals surface area contributed by atoms with Gasteiger partial charge in [-0.25, -0.2) is 4.98 Å². The zero-order valence-electron chi connectivity index (χ0n) is 16.8. The molecule has 0 spiro atoms. The molecule has 1 saturated heterocycles. The Morgan fingerprint density at radius 1 is 1.31 bits per heavy atom. The number of aromatic nitrogens is 1. The highest BCUT2D eigenvalue weighted by Gasteiger charge is 2.31. The number of likely N-dealkylation sites (tertiary alicyclic amines) is 1. The molecule has 2 rings (SSSR count). The second kappa shape index (κ2) is 10.9. The molecular formula is C19H34IN5O. The Morgan fingerprint density at radius 2 is 2.04 bits per heavy atom. The van der Waals surface area contributed by atoms with E-state index >= 15 is 0 Å². The summed E-state index contributed by atoms with van der Waals surface area (Å²) in [4.78, 5) is 11.2. The van der Waals surface area contributed by atoms with Gasteiger partial charge in [-0.3, -0.25) is 9.89 Å². The number of nitrogens with zero attached hydrogens (tertiary/aromatic N) is 3. The van der Waals surface area contributed by atoms with E-state index in [1.807, 2.05) is 39.2 Å². The van der Waals surface area contributed by atoms with Crippen molar-refractivity contribution >= 4 is 29.9 Å². The van der Waals surface area contributed by atoms with Gasteiger partial charge < -0.3 is 15.4 Å². The average molecular weight is 475 g/mol. The second-order valence-corrected chi connectivity index (χ2v) is 7.37. The van der Waals surface area contributed by atoms with Gasteiger partial charge >= 0.3 is 0 Å². The number of nitrogens with one attached hydrogen (secondary N) is 2. The number of aliphatic imine (C=N–C) groups is 1. The van der Waals surface area contributed by atoms with Gasteiger partial charge in [0.1, 0.15) is 0 Å². The average Bonchev–Trinajstić information content (AvgIpc) is 2.93. The molecule has 1 aromatic rings. The van der Waals surface area contributed by atoms with Crippen LogP contribution in [0.3, 0.4) is 0 Å². The lowest BCUT2D eigenvalue weighted by Crippen LogP contribution is -2.46. The van der Waals surface area contributed by atoms with Crippen LogP contribution in [0.1, 0.15) is 40.2 Å². The van der Waals surface area contributed by atoms with Gasteiger partial charge in [-0.15, -0.1) is 24.0 Å². The summed E-state index contributed by atoms with van der Waals surface area (Å²) in [5.41, 5.74) is 1.10. The van der Waals surface area contributed by atoms with Crippen LogP contribution in [0.5, 0.6) is 5.88 Å². The van der Waals surface area contributed by atoms with Gasteiger partial charge in [0.25, 0.3) is 0 Å². The van der Waals surface area contributed by atoms with Crippen molar-refractivity contribution in [2.45, 2.75) is 59.4 Å². The largest absolute Gasteiger partial charge is 0.475 e. The first-order chi connectivity index (χ1) is 11.9. The smallest absolute Gasteiger partial charge is 0.213 e. The zero-order valence-corrected chi connectivity index (χ0v) is 19.2. The maximum atomic E-state index is 5.57. The molecule has 0 saturated carbocycles. The Bertz CT molecular complexity index is 562. The van der Waals surface area contributed by atoms with Crippen molar-refractivity contribution in [3.63, 3.8) is 0 Å². The normalized spacial score (nSPS) is 21.0. The molecular weight excluding hydrogens is 441 g/mol. The quantitative estimate of drug-likeness (QED) is 0.377. The lowest BCUT2D eigenvalue weighted by molar-refractivity contribution is 0.232.